The highest BCUT2D eigenvalue weighted by molar-refractivity contribution is 14.0. The Balaban J connectivity index is 0.00000420. The largest absolute Gasteiger partial charge is 0.493 e. The van der Waals surface area contributed by atoms with Crippen LogP contribution in [0.25, 0.3) is 0 Å². The van der Waals surface area contributed by atoms with Gasteiger partial charge in [0, 0.05) is 29.7 Å². The standard InChI is InChI=1S/C18H26N4O4S2.HI/c1-5-19-18(22-14-7-8-15(25-3)16(12-14)26-4)20-10-11-21-28(23,24)17-9-6-13(2)27-17;/h6-9,12,21H,5,10-11H2,1-4H3,(H2,19,20,22);1H. The summed E-state index contributed by atoms with van der Waals surface area (Å²) in [5.41, 5.74) is 0.770. The van der Waals surface area contributed by atoms with E-state index in [1.807, 2.05) is 19.9 Å². The molecular formula is C18H27IN4O4S2. The number of nitrogens with zero attached hydrogens (tertiary/aromatic N) is 1. The number of nitrogens with one attached hydrogen (secondary N) is 3. The number of aryl methyl sites for hydroxylation is 1. The zero-order valence-electron chi connectivity index (χ0n) is 16.8. The first kappa shape index (κ1) is 25.5. The van der Waals surface area contributed by atoms with Gasteiger partial charge in [-0.3, -0.25) is 4.99 Å². The Hall–Kier alpha value is -1.57. The van der Waals surface area contributed by atoms with Crippen LogP contribution in [-0.2, 0) is 10.0 Å². The van der Waals surface area contributed by atoms with Gasteiger partial charge in [0.2, 0.25) is 10.0 Å². The number of methoxy groups -OCH3 is 2. The average molecular weight is 554 g/mol. The van der Waals surface area contributed by atoms with Crippen molar-refractivity contribution >= 4 is 57.0 Å². The van der Waals surface area contributed by atoms with Gasteiger partial charge in [-0.25, -0.2) is 13.1 Å². The Labute approximate surface area is 193 Å². The number of anilines is 1. The maximum absolute atomic E-state index is 12.2. The maximum Gasteiger partial charge on any atom is 0.250 e. The molecule has 8 nitrogen and oxygen atoms in total. The van der Waals surface area contributed by atoms with Crippen molar-refractivity contribution in [1.82, 2.24) is 10.0 Å². The third-order valence-electron chi connectivity index (χ3n) is 3.64. The fourth-order valence-electron chi connectivity index (χ4n) is 2.33. The molecule has 0 saturated heterocycles. The SMILES string of the molecule is CCNC(=NCCNS(=O)(=O)c1ccc(C)s1)Nc1ccc(OC)c(OC)c1.I. The number of hydrogen-bond donors (Lipinski definition) is 3. The van der Waals surface area contributed by atoms with Gasteiger partial charge in [-0.05, 0) is 38.1 Å². The van der Waals surface area contributed by atoms with Crippen LogP contribution in [0.5, 0.6) is 11.5 Å². The summed E-state index contributed by atoms with van der Waals surface area (Å²) < 4.78 is 37.9. The van der Waals surface area contributed by atoms with Gasteiger partial charge in [-0.1, -0.05) is 0 Å². The first-order chi connectivity index (χ1) is 13.4. The number of benzene rings is 1. The second-order valence-electron chi connectivity index (χ2n) is 5.72. The van der Waals surface area contributed by atoms with Crippen molar-refractivity contribution in [2.45, 2.75) is 18.1 Å². The monoisotopic (exact) mass is 554 g/mol. The molecule has 2 aromatic rings. The van der Waals surface area contributed by atoms with Gasteiger partial charge in [0.25, 0.3) is 0 Å². The summed E-state index contributed by atoms with van der Waals surface area (Å²) in [7, 11) is -0.347. The van der Waals surface area contributed by atoms with Gasteiger partial charge >= 0.3 is 0 Å². The molecule has 0 aliphatic heterocycles. The third-order valence-corrected chi connectivity index (χ3v) is 6.60. The zero-order valence-corrected chi connectivity index (χ0v) is 20.8. The fourth-order valence-corrected chi connectivity index (χ4v) is 4.68. The van der Waals surface area contributed by atoms with Gasteiger partial charge in [0.15, 0.2) is 17.5 Å². The summed E-state index contributed by atoms with van der Waals surface area (Å²) in [5, 5.41) is 6.29. The van der Waals surface area contributed by atoms with Gasteiger partial charge < -0.3 is 20.1 Å². The van der Waals surface area contributed by atoms with Crippen LogP contribution in [-0.4, -0.2) is 48.2 Å². The Morgan fingerprint density at radius 2 is 1.86 bits per heavy atom. The van der Waals surface area contributed by atoms with Crippen LogP contribution < -0.4 is 24.8 Å². The molecule has 162 valence electrons. The van der Waals surface area contributed by atoms with E-state index >= 15 is 0 Å². The van der Waals surface area contributed by atoms with E-state index in [1.54, 1.807) is 38.5 Å². The summed E-state index contributed by atoms with van der Waals surface area (Å²) in [6.45, 7) is 4.97. The maximum atomic E-state index is 12.2. The molecule has 29 heavy (non-hydrogen) atoms. The van der Waals surface area contributed by atoms with E-state index in [4.69, 9.17) is 9.47 Å². The first-order valence-electron chi connectivity index (χ1n) is 8.73. The Morgan fingerprint density at radius 3 is 2.45 bits per heavy atom. The summed E-state index contributed by atoms with van der Waals surface area (Å²) in [6, 6.07) is 8.83. The van der Waals surface area contributed by atoms with Crippen molar-refractivity contribution in [3.63, 3.8) is 0 Å². The molecule has 0 saturated carbocycles. The highest BCUT2D eigenvalue weighted by Crippen LogP contribution is 2.29. The minimum absolute atomic E-state index is 0. The lowest BCUT2D eigenvalue weighted by molar-refractivity contribution is 0.355. The molecule has 3 N–H and O–H groups in total. The van der Waals surface area contributed by atoms with E-state index in [9.17, 15) is 8.42 Å². The number of sulfonamides is 1. The highest BCUT2D eigenvalue weighted by atomic mass is 127. The molecule has 1 aromatic carbocycles. The quantitative estimate of drug-likeness (QED) is 0.191. The highest BCUT2D eigenvalue weighted by Gasteiger charge is 2.15. The van der Waals surface area contributed by atoms with Crippen molar-refractivity contribution in [1.29, 1.82) is 0 Å². The second kappa shape index (κ2) is 12.2. The van der Waals surface area contributed by atoms with Gasteiger partial charge in [-0.2, -0.15) is 0 Å². The Morgan fingerprint density at radius 1 is 1.14 bits per heavy atom. The molecule has 1 heterocycles. The fraction of sp³-hybridized carbons (Fsp3) is 0.389. The molecule has 1 aromatic heterocycles. The normalized spacial score (nSPS) is 11.5. The van der Waals surface area contributed by atoms with Crippen LogP contribution in [0.1, 0.15) is 11.8 Å². The summed E-state index contributed by atoms with van der Waals surface area (Å²) in [5.74, 6) is 1.77. The van der Waals surface area contributed by atoms with Crippen molar-refractivity contribution < 1.29 is 17.9 Å². The van der Waals surface area contributed by atoms with Crippen LogP contribution in [0.15, 0.2) is 39.5 Å². The van der Waals surface area contributed by atoms with Crippen molar-refractivity contribution in [2.24, 2.45) is 4.99 Å². The lowest BCUT2D eigenvalue weighted by Gasteiger charge is -2.14. The van der Waals surface area contributed by atoms with Crippen LogP contribution in [0.3, 0.4) is 0 Å². The minimum atomic E-state index is -3.50. The summed E-state index contributed by atoms with van der Waals surface area (Å²) in [6.07, 6.45) is 0. The molecule has 0 aliphatic rings. The van der Waals surface area contributed by atoms with Crippen LogP contribution in [0, 0.1) is 6.92 Å². The van der Waals surface area contributed by atoms with Crippen LogP contribution >= 0.6 is 35.3 Å². The smallest absolute Gasteiger partial charge is 0.250 e. The second-order valence-corrected chi connectivity index (χ2v) is 9.00. The van der Waals surface area contributed by atoms with E-state index in [0.717, 1.165) is 10.6 Å². The molecule has 2 rings (SSSR count). The topological polar surface area (TPSA) is 101 Å². The van der Waals surface area contributed by atoms with E-state index in [2.05, 4.69) is 20.3 Å². The number of aliphatic imine (C=N–C) groups is 1. The molecule has 0 fully saturated rings. The number of thiophene rings is 1. The lowest BCUT2D eigenvalue weighted by Crippen LogP contribution is -2.32. The lowest BCUT2D eigenvalue weighted by atomic mass is 10.3. The molecule has 11 heteroatoms. The number of guanidine groups is 1. The third kappa shape index (κ3) is 7.64. The Bertz CT molecular complexity index is 916. The number of hydrogen-bond acceptors (Lipinski definition) is 6. The van der Waals surface area contributed by atoms with E-state index in [-0.39, 0.29) is 37.1 Å². The molecule has 0 unspecified atom stereocenters. The molecule has 0 amide bonds. The molecule has 0 spiro atoms. The van der Waals surface area contributed by atoms with E-state index in [0.29, 0.717) is 28.2 Å². The molecule has 0 radical (unpaired) electrons. The predicted molar refractivity (Wildman–Crippen MR) is 129 cm³/mol. The first-order valence-corrected chi connectivity index (χ1v) is 11.0. The molecule has 0 aliphatic carbocycles. The number of ether oxygens (including phenoxy) is 2. The van der Waals surface area contributed by atoms with Crippen LogP contribution in [0.4, 0.5) is 5.69 Å². The van der Waals surface area contributed by atoms with Crippen molar-refractivity contribution in [2.75, 3.05) is 39.2 Å². The van der Waals surface area contributed by atoms with E-state index in [1.165, 1.54) is 11.3 Å². The van der Waals surface area contributed by atoms with E-state index < -0.39 is 10.0 Å². The molecule has 0 atom stereocenters. The zero-order chi connectivity index (χ0) is 20.6. The van der Waals surface area contributed by atoms with Crippen molar-refractivity contribution in [3.05, 3.63) is 35.2 Å². The molecular weight excluding hydrogens is 527 g/mol. The number of halogens is 1. The average Bonchev–Trinajstić information content (AvgIpc) is 3.12. The van der Waals surface area contributed by atoms with Gasteiger partial charge in [0.05, 0.1) is 20.8 Å². The molecule has 0 bridgehead atoms. The minimum Gasteiger partial charge on any atom is -0.493 e. The summed E-state index contributed by atoms with van der Waals surface area (Å²) in [4.78, 5) is 5.36. The van der Waals surface area contributed by atoms with Gasteiger partial charge in [0.1, 0.15) is 4.21 Å². The summed E-state index contributed by atoms with van der Waals surface area (Å²) >= 11 is 1.24. The number of rotatable bonds is 9. The Kier molecular flexibility index (Phi) is 10.7. The predicted octanol–water partition coefficient (Wildman–Crippen LogP) is 3.05. The van der Waals surface area contributed by atoms with Crippen LogP contribution in [0.2, 0.25) is 0 Å². The van der Waals surface area contributed by atoms with Crippen molar-refractivity contribution in [3.8, 4) is 11.5 Å². The van der Waals surface area contributed by atoms with Gasteiger partial charge in [-0.15, -0.1) is 35.3 Å².